The van der Waals surface area contributed by atoms with Gasteiger partial charge < -0.3 is 4.74 Å². The Morgan fingerprint density at radius 2 is 2.30 bits per heavy atom. The Labute approximate surface area is 129 Å². The third-order valence-corrected chi connectivity index (χ3v) is 5.08. The lowest BCUT2D eigenvalue weighted by Crippen LogP contribution is -2.47. The van der Waals surface area contributed by atoms with Gasteiger partial charge in [0.25, 0.3) is 0 Å². The Hall–Kier alpha value is -0.430. The maximum atomic E-state index is 5.85. The molecule has 0 spiro atoms. The number of aromatic nitrogens is 2. The number of halogens is 1. The number of nitrogens with one attached hydrogen (secondary N) is 1. The van der Waals surface area contributed by atoms with Crippen LogP contribution in [0.15, 0.2) is 4.47 Å². The van der Waals surface area contributed by atoms with E-state index < -0.39 is 0 Å². The highest BCUT2D eigenvalue weighted by molar-refractivity contribution is 9.10. The van der Waals surface area contributed by atoms with Crippen molar-refractivity contribution in [3.63, 3.8) is 0 Å². The molecule has 20 heavy (non-hydrogen) atoms. The highest BCUT2D eigenvalue weighted by atomic mass is 79.9. The maximum Gasteiger partial charge on any atom is 0.0771 e. The van der Waals surface area contributed by atoms with Crippen LogP contribution in [0.5, 0.6) is 0 Å². The van der Waals surface area contributed by atoms with Gasteiger partial charge in [-0.3, -0.25) is 16.0 Å². The summed E-state index contributed by atoms with van der Waals surface area (Å²) in [6, 6.07) is 0.121. The molecule has 1 saturated heterocycles. The van der Waals surface area contributed by atoms with Crippen LogP contribution < -0.4 is 11.3 Å². The molecule has 3 atom stereocenters. The Morgan fingerprint density at radius 3 is 2.80 bits per heavy atom. The van der Waals surface area contributed by atoms with Crippen LogP contribution in [0.25, 0.3) is 0 Å². The molecule has 5 nitrogen and oxygen atoms in total. The van der Waals surface area contributed by atoms with Crippen LogP contribution in [0, 0.1) is 5.92 Å². The van der Waals surface area contributed by atoms with Crippen LogP contribution in [-0.2, 0) is 24.1 Å². The lowest BCUT2D eigenvalue weighted by molar-refractivity contribution is 0.0603. The first-order chi connectivity index (χ1) is 9.62. The zero-order valence-electron chi connectivity index (χ0n) is 12.5. The SMILES string of the molecule is CCc1nn(CC)c(CC(NN)C2OCCC2C)c1Br. The molecule has 1 aromatic rings. The highest BCUT2D eigenvalue weighted by Gasteiger charge is 2.33. The molecule has 0 aliphatic carbocycles. The fourth-order valence-corrected chi connectivity index (χ4v) is 3.65. The number of ether oxygens (including phenoxy) is 1. The van der Waals surface area contributed by atoms with E-state index in [0.717, 1.165) is 42.6 Å². The molecule has 6 heteroatoms. The number of hydrogen-bond donors (Lipinski definition) is 2. The van der Waals surface area contributed by atoms with Crippen molar-refractivity contribution >= 4 is 15.9 Å². The third-order valence-electron chi connectivity index (χ3n) is 4.16. The summed E-state index contributed by atoms with van der Waals surface area (Å²) in [7, 11) is 0. The van der Waals surface area contributed by atoms with Crippen molar-refractivity contribution in [2.45, 2.75) is 58.7 Å². The van der Waals surface area contributed by atoms with Crippen molar-refractivity contribution in [1.82, 2.24) is 15.2 Å². The second kappa shape index (κ2) is 7.02. The van der Waals surface area contributed by atoms with Crippen LogP contribution in [0.2, 0.25) is 0 Å². The maximum absolute atomic E-state index is 5.85. The molecule has 3 unspecified atom stereocenters. The summed E-state index contributed by atoms with van der Waals surface area (Å²) >= 11 is 3.69. The smallest absolute Gasteiger partial charge is 0.0771 e. The van der Waals surface area contributed by atoms with Gasteiger partial charge in [0.2, 0.25) is 0 Å². The van der Waals surface area contributed by atoms with Gasteiger partial charge in [-0.15, -0.1) is 0 Å². The Bertz CT molecular complexity index is 449. The van der Waals surface area contributed by atoms with Crippen LogP contribution in [0.1, 0.15) is 38.6 Å². The second-order valence-electron chi connectivity index (χ2n) is 5.46. The van der Waals surface area contributed by atoms with E-state index in [1.165, 1.54) is 5.69 Å². The minimum atomic E-state index is 0.121. The third kappa shape index (κ3) is 3.08. The predicted molar refractivity (Wildman–Crippen MR) is 83.3 cm³/mol. The molecular formula is C14H25BrN4O. The van der Waals surface area contributed by atoms with Crippen molar-refractivity contribution in [1.29, 1.82) is 0 Å². The molecule has 0 amide bonds. The van der Waals surface area contributed by atoms with Gasteiger partial charge in [0.15, 0.2) is 0 Å². The van der Waals surface area contributed by atoms with Gasteiger partial charge >= 0.3 is 0 Å². The van der Waals surface area contributed by atoms with Crippen molar-refractivity contribution in [3.05, 3.63) is 15.9 Å². The van der Waals surface area contributed by atoms with E-state index in [9.17, 15) is 0 Å². The molecule has 2 rings (SSSR count). The van der Waals surface area contributed by atoms with Crippen LogP contribution in [0.4, 0.5) is 0 Å². The average molecular weight is 345 g/mol. The molecular weight excluding hydrogens is 320 g/mol. The molecule has 114 valence electrons. The number of hydrazine groups is 1. The Balaban J connectivity index is 2.20. The molecule has 1 aromatic heterocycles. The van der Waals surface area contributed by atoms with Gasteiger partial charge in [-0.2, -0.15) is 5.10 Å². The summed E-state index contributed by atoms with van der Waals surface area (Å²) in [4.78, 5) is 0. The predicted octanol–water partition coefficient (Wildman–Crippen LogP) is 2.03. The highest BCUT2D eigenvalue weighted by Crippen LogP contribution is 2.28. The van der Waals surface area contributed by atoms with Gasteiger partial charge in [0, 0.05) is 19.6 Å². The normalized spacial score (nSPS) is 24.2. The quantitative estimate of drug-likeness (QED) is 0.612. The first-order valence-electron chi connectivity index (χ1n) is 7.44. The first-order valence-corrected chi connectivity index (χ1v) is 8.23. The van der Waals surface area contributed by atoms with E-state index in [1.807, 2.05) is 0 Å². The molecule has 0 saturated carbocycles. The van der Waals surface area contributed by atoms with Gasteiger partial charge in [0.1, 0.15) is 0 Å². The summed E-state index contributed by atoms with van der Waals surface area (Å²) in [5, 5.41) is 4.64. The number of rotatable bonds is 6. The first kappa shape index (κ1) is 15.9. The average Bonchev–Trinajstić information content (AvgIpc) is 3.00. The van der Waals surface area contributed by atoms with Crippen LogP contribution in [0.3, 0.4) is 0 Å². The molecule has 0 aromatic carbocycles. The van der Waals surface area contributed by atoms with Crippen LogP contribution in [-0.4, -0.2) is 28.5 Å². The van der Waals surface area contributed by atoms with Crippen molar-refractivity contribution in [2.24, 2.45) is 11.8 Å². The van der Waals surface area contributed by atoms with Crippen LogP contribution >= 0.6 is 15.9 Å². The summed E-state index contributed by atoms with van der Waals surface area (Å²) in [5.74, 6) is 6.31. The molecule has 0 radical (unpaired) electrons. The van der Waals surface area contributed by atoms with Crippen molar-refractivity contribution in [3.8, 4) is 0 Å². The zero-order chi connectivity index (χ0) is 14.7. The lowest BCUT2D eigenvalue weighted by Gasteiger charge is -2.25. The Morgan fingerprint density at radius 1 is 1.55 bits per heavy atom. The zero-order valence-corrected chi connectivity index (χ0v) is 14.1. The van der Waals surface area contributed by atoms with Gasteiger partial charge in [-0.25, -0.2) is 0 Å². The van der Waals surface area contributed by atoms with E-state index in [2.05, 4.69) is 51.9 Å². The number of nitrogens with two attached hydrogens (primary N) is 1. The molecule has 1 aliphatic rings. The van der Waals surface area contributed by atoms with Gasteiger partial charge in [-0.1, -0.05) is 13.8 Å². The monoisotopic (exact) mass is 344 g/mol. The summed E-state index contributed by atoms with van der Waals surface area (Å²) in [5.41, 5.74) is 5.25. The summed E-state index contributed by atoms with van der Waals surface area (Å²) < 4.78 is 9.03. The molecule has 2 heterocycles. The number of aryl methyl sites for hydroxylation is 2. The number of hydrogen-bond acceptors (Lipinski definition) is 4. The topological polar surface area (TPSA) is 65.1 Å². The van der Waals surface area contributed by atoms with Crippen molar-refractivity contribution < 1.29 is 4.74 Å². The molecule has 0 bridgehead atoms. The minimum Gasteiger partial charge on any atom is -0.376 e. The van der Waals surface area contributed by atoms with E-state index in [1.54, 1.807) is 0 Å². The Kier molecular flexibility index (Phi) is 5.60. The lowest BCUT2D eigenvalue weighted by atomic mass is 9.95. The van der Waals surface area contributed by atoms with Gasteiger partial charge in [-0.05, 0) is 41.6 Å². The van der Waals surface area contributed by atoms with Gasteiger partial charge in [0.05, 0.1) is 28.0 Å². The standard InChI is InChI=1S/C14H25BrN4O/c1-4-10-13(15)12(19(5-2)18-10)8-11(17-16)14-9(3)6-7-20-14/h9,11,14,17H,4-8,16H2,1-3H3. The minimum absolute atomic E-state index is 0.121. The fraction of sp³-hybridized carbons (Fsp3) is 0.786. The molecule has 3 N–H and O–H groups in total. The summed E-state index contributed by atoms with van der Waals surface area (Å²) in [6.45, 7) is 8.16. The van der Waals surface area contributed by atoms with E-state index in [4.69, 9.17) is 10.6 Å². The van der Waals surface area contributed by atoms with E-state index in [-0.39, 0.29) is 12.1 Å². The largest absolute Gasteiger partial charge is 0.376 e. The summed E-state index contributed by atoms with van der Waals surface area (Å²) in [6.07, 6.45) is 3.04. The molecule has 1 aliphatic heterocycles. The second-order valence-corrected chi connectivity index (χ2v) is 6.25. The van der Waals surface area contributed by atoms with E-state index in [0.29, 0.717) is 5.92 Å². The number of nitrogens with zero attached hydrogens (tertiary/aromatic N) is 2. The fourth-order valence-electron chi connectivity index (χ4n) is 2.92. The van der Waals surface area contributed by atoms with Crippen molar-refractivity contribution in [2.75, 3.05) is 6.61 Å². The van der Waals surface area contributed by atoms with E-state index >= 15 is 0 Å². The molecule has 1 fully saturated rings.